The Kier molecular flexibility index (Phi) is 5.79. The molecule has 1 aliphatic rings. The first-order valence-corrected chi connectivity index (χ1v) is 8.46. The molecule has 0 aliphatic carbocycles. The number of rotatable bonds is 3. The average Bonchev–Trinajstić information content (AvgIpc) is 2.53. The van der Waals surface area contributed by atoms with Crippen LogP contribution < -0.4 is 0 Å². The standard InChI is InChI=1S/C18H21BrN2O/c1-13(2)17(15-3-5-16(19)6-4-15)11-18(22)21-9-7-14(12-20)8-10-21/h3-6,11,13-14H,7-10H2,1-2H3/b17-11+. The van der Waals surface area contributed by atoms with Crippen molar-refractivity contribution in [3.8, 4) is 6.07 Å². The maximum Gasteiger partial charge on any atom is 0.246 e. The zero-order valence-corrected chi connectivity index (χ0v) is 14.6. The van der Waals surface area contributed by atoms with Crippen molar-refractivity contribution < 1.29 is 4.79 Å². The van der Waals surface area contributed by atoms with Gasteiger partial charge in [-0.25, -0.2) is 0 Å². The van der Waals surface area contributed by atoms with Crippen molar-refractivity contribution in [1.82, 2.24) is 4.90 Å². The highest BCUT2D eigenvalue weighted by Gasteiger charge is 2.22. The third-order valence-corrected chi connectivity index (χ3v) is 4.60. The van der Waals surface area contributed by atoms with E-state index >= 15 is 0 Å². The lowest BCUT2D eigenvalue weighted by atomic mass is 9.94. The van der Waals surface area contributed by atoms with E-state index in [-0.39, 0.29) is 17.7 Å². The number of carbonyl (C=O) groups is 1. The van der Waals surface area contributed by atoms with Crippen molar-refractivity contribution in [1.29, 1.82) is 5.26 Å². The molecule has 3 nitrogen and oxygen atoms in total. The number of likely N-dealkylation sites (tertiary alicyclic amines) is 1. The van der Waals surface area contributed by atoms with Crippen molar-refractivity contribution >= 4 is 27.4 Å². The number of amides is 1. The fourth-order valence-electron chi connectivity index (χ4n) is 2.68. The zero-order valence-electron chi connectivity index (χ0n) is 13.1. The van der Waals surface area contributed by atoms with Gasteiger partial charge in [0, 0.05) is 29.6 Å². The third kappa shape index (κ3) is 4.20. The molecule has 0 unspecified atom stereocenters. The summed E-state index contributed by atoms with van der Waals surface area (Å²) >= 11 is 3.44. The largest absolute Gasteiger partial charge is 0.339 e. The Labute approximate surface area is 140 Å². The lowest BCUT2D eigenvalue weighted by Crippen LogP contribution is -2.37. The number of piperidine rings is 1. The van der Waals surface area contributed by atoms with Gasteiger partial charge in [-0.05, 0) is 42.0 Å². The lowest BCUT2D eigenvalue weighted by molar-refractivity contribution is -0.127. The van der Waals surface area contributed by atoms with Gasteiger partial charge >= 0.3 is 0 Å². The molecule has 0 spiro atoms. The van der Waals surface area contributed by atoms with Gasteiger partial charge in [-0.1, -0.05) is 41.9 Å². The number of carbonyl (C=O) groups excluding carboxylic acids is 1. The average molecular weight is 361 g/mol. The number of nitriles is 1. The van der Waals surface area contributed by atoms with E-state index in [1.54, 1.807) is 6.08 Å². The first-order chi connectivity index (χ1) is 10.5. The highest BCUT2D eigenvalue weighted by Crippen LogP contribution is 2.25. The van der Waals surface area contributed by atoms with E-state index in [9.17, 15) is 4.79 Å². The first kappa shape index (κ1) is 16.8. The molecule has 0 bridgehead atoms. The summed E-state index contributed by atoms with van der Waals surface area (Å²) in [5.41, 5.74) is 2.14. The van der Waals surface area contributed by atoms with Gasteiger partial charge in [0.05, 0.1) is 6.07 Å². The Morgan fingerprint density at radius 2 is 1.91 bits per heavy atom. The van der Waals surface area contributed by atoms with Crippen LogP contribution in [0, 0.1) is 23.2 Å². The molecule has 1 fully saturated rings. The van der Waals surface area contributed by atoms with Crippen molar-refractivity contribution in [2.75, 3.05) is 13.1 Å². The van der Waals surface area contributed by atoms with E-state index in [0.717, 1.165) is 28.5 Å². The fraction of sp³-hybridized carbons (Fsp3) is 0.444. The third-order valence-electron chi connectivity index (χ3n) is 4.07. The number of hydrogen-bond acceptors (Lipinski definition) is 2. The Hall–Kier alpha value is -1.60. The summed E-state index contributed by atoms with van der Waals surface area (Å²) in [5, 5.41) is 8.94. The minimum absolute atomic E-state index is 0.0583. The van der Waals surface area contributed by atoms with Crippen LogP contribution in [0.5, 0.6) is 0 Å². The topological polar surface area (TPSA) is 44.1 Å². The SMILES string of the molecule is CC(C)/C(=C\C(=O)N1CCC(C#N)CC1)c1ccc(Br)cc1. The lowest BCUT2D eigenvalue weighted by Gasteiger charge is -2.28. The van der Waals surface area contributed by atoms with Gasteiger partial charge in [0.25, 0.3) is 0 Å². The Bertz CT molecular complexity index is 591. The van der Waals surface area contributed by atoms with Crippen molar-refractivity contribution in [2.24, 2.45) is 11.8 Å². The summed E-state index contributed by atoms with van der Waals surface area (Å²) in [6, 6.07) is 10.4. The van der Waals surface area contributed by atoms with Crippen molar-refractivity contribution in [3.05, 3.63) is 40.4 Å². The van der Waals surface area contributed by atoms with Gasteiger partial charge in [-0.2, -0.15) is 5.26 Å². The highest BCUT2D eigenvalue weighted by molar-refractivity contribution is 9.10. The molecule has 1 aromatic carbocycles. The molecule has 0 saturated carbocycles. The Morgan fingerprint density at radius 3 is 2.41 bits per heavy atom. The van der Waals surface area contributed by atoms with Crippen LogP contribution in [-0.4, -0.2) is 23.9 Å². The zero-order chi connectivity index (χ0) is 16.1. The predicted octanol–water partition coefficient (Wildman–Crippen LogP) is 4.25. The molecule has 1 heterocycles. The molecule has 116 valence electrons. The van der Waals surface area contributed by atoms with Gasteiger partial charge in [-0.3, -0.25) is 4.79 Å². The van der Waals surface area contributed by atoms with Gasteiger partial charge in [0.15, 0.2) is 0 Å². The Balaban J connectivity index is 2.15. The number of halogens is 1. The summed E-state index contributed by atoms with van der Waals surface area (Å²) in [6.45, 7) is 5.56. The van der Waals surface area contributed by atoms with Crippen LogP contribution in [0.1, 0.15) is 32.3 Å². The van der Waals surface area contributed by atoms with Gasteiger partial charge in [-0.15, -0.1) is 0 Å². The fourth-order valence-corrected chi connectivity index (χ4v) is 2.94. The van der Waals surface area contributed by atoms with Gasteiger partial charge in [0.1, 0.15) is 0 Å². The summed E-state index contributed by atoms with van der Waals surface area (Å²) in [7, 11) is 0. The minimum atomic E-state index is 0.0583. The summed E-state index contributed by atoms with van der Waals surface area (Å²) in [6.07, 6.45) is 3.33. The van der Waals surface area contributed by atoms with Crippen LogP contribution in [-0.2, 0) is 4.79 Å². The second-order valence-electron chi connectivity index (χ2n) is 5.99. The van der Waals surface area contributed by atoms with Crippen LogP contribution in [0.15, 0.2) is 34.8 Å². The van der Waals surface area contributed by atoms with E-state index in [1.165, 1.54) is 0 Å². The van der Waals surface area contributed by atoms with Gasteiger partial charge < -0.3 is 4.90 Å². The highest BCUT2D eigenvalue weighted by atomic mass is 79.9. The smallest absolute Gasteiger partial charge is 0.246 e. The van der Waals surface area contributed by atoms with Crippen LogP contribution in [0.3, 0.4) is 0 Å². The van der Waals surface area contributed by atoms with E-state index in [2.05, 4.69) is 35.8 Å². The second kappa shape index (κ2) is 7.60. The molecule has 1 aliphatic heterocycles. The molecule has 4 heteroatoms. The first-order valence-electron chi connectivity index (χ1n) is 7.67. The van der Waals surface area contributed by atoms with E-state index < -0.39 is 0 Å². The molecular formula is C18H21BrN2O. The Morgan fingerprint density at radius 1 is 1.32 bits per heavy atom. The molecule has 1 saturated heterocycles. The molecular weight excluding hydrogens is 340 g/mol. The molecule has 1 aromatic rings. The number of benzene rings is 1. The summed E-state index contributed by atoms with van der Waals surface area (Å²) < 4.78 is 1.03. The normalized spacial score (nSPS) is 16.7. The number of allylic oxidation sites excluding steroid dienone is 1. The monoisotopic (exact) mass is 360 g/mol. The molecule has 1 amide bonds. The molecule has 0 radical (unpaired) electrons. The molecule has 0 atom stereocenters. The molecule has 22 heavy (non-hydrogen) atoms. The quantitative estimate of drug-likeness (QED) is 0.756. The summed E-state index contributed by atoms with van der Waals surface area (Å²) in [4.78, 5) is 14.4. The van der Waals surface area contributed by atoms with Crippen LogP contribution in [0.25, 0.3) is 5.57 Å². The van der Waals surface area contributed by atoms with E-state index in [1.807, 2.05) is 29.2 Å². The van der Waals surface area contributed by atoms with Crippen molar-refractivity contribution in [2.45, 2.75) is 26.7 Å². The van der Waals surface area contributed by atoms with Crippen LogP contribution in [0.4, 0.5) is 0 Å². The van der Waals surface area contributed by atoms with Crippen LogP contribution in [0.2, 0.25) is 0 Å². The predicted molar refractivity (Wildman–Crippen MR) is 91.9 cm³/mol. The van der Waals surface area contributed by atoms with E-state index in [4.69, 9.17) is 5.26 Å². The number of nitrogens with zero attached hydrogens (tertiary/aromatic N) is 2. The van der Waals surface area contributed by atoms with E-state index in [0.29, 0.717) is 13.1 Å². The number of hydrogen-bond donors (Lipinski definition) is 0. The molecule has 0 N–H and O–H groups in total. The maximum atomic E-state index is 12.5. The van der Waals surface area contributed by atoms with Crippen LogP contribution >= 0.6 is 15.9 Å². The molecule has 2 rings (SSSR count). The molecule has 0 aromatic heterocycles. The minimum Gasteiger partial charge on any atom is -0.339 e. The maximum absolute atomic E-state index is 12.5. The second-order valence-corrected chi connectivity index (χ2v) is 6.91. The summed E-state index contributed by atoms with van der Waals surface area (Å²) in [5.74, 6) is 0.439. The van der Waals surface area contributed by atoms with Gasteiger partial charge in [0.2, 0.25) is 5.91 Å². The van der Waals surface area contributed by atoms with Crippen molar-refractivity contribution in [3.63, 3.8) is 0 Å².